The topological polar surface area (TPSA) is 50.4 Å². The number of anilines is 3. The third kappa shape index (κ3) is 3.77. The van der Waals surface area contributed by atoms with Crippen LogP contribution in [0.2, 0.25) is 5.02 Å². The molecule has 0 heterocycles. The number of ether oxygens (including phenoxy) is 1. The maximum absolute atomic E-state index is 11.9. The molecule has 1 fully saturated rings. The molecule has 0 spiro atoms. The minimum absolute atomic E-state index is 0.119. The number of hydrogen-bond acceptors (Lipinski definition) is 3. The summed E-state index contributed by atoms with van der Waals surface area (Å²) < 4.78 is 5.32. The molecule has 1 saturated carbocycles. The quantitative estimate of drug-likeness (QED) is 0.825. The van der Waals surface area contributed by atoms with Crippen molar-refractivity contribution in [3.05, 3.63) is 47.5 Å². The predicted molar refractivity (Wildman–Crippen MR) is 93.7 cm³/mol. The summed E-state index contributed by atoms with van der Waals surface area (Å²) in [6.07, 6.45) is 3.16. The summed E-state index contributed by atoms with van der Waals surface area (Å²) in [5, 5.41) is 6.86. The molecule has 23 heavy (non-hydrogen) atoms. The van der Waals surface area contributed by atoms with Crippen molar-refractivity contribution in [1.29, 1.82) is 0 Å². The van der Waals surface area contributed by atoms with Crippen molar-refractivity contribution < 1.29 is 9.53 Å². The first kappa shape index (κ1) is 15.7. The Morgan fingerprint density at radius 2 is 1.83 bits per heavy atom. The number of benzene rings is 2. The van der Waals surface area contributed by atoms with Crippen LogP contribution >= 0.6 is 11.6 Å². The van der Waals surface area contributed by atoms with E-state index in [9.17, 15) is 4.79 Å². The second-order valence-corrected chi connectivity index (χ2v) is 6.10. The van der Waals surface area contributed by atoms with Crippen molar-refractivity contribution in [2.75, 3.05) is 17.7 Å². The number of carbonyl (C=O) groups excluding carboxylic acids is 1. The Hall–Kier alpha value is -2.20. The van der Waals surface area contributed by atoms with E-state index in [0.29, 0.717) is 5.02 Å². The largest absolute Gasteiger partial charge is 0.495 e. The van der Waals surface area contributed by atoms with Crippen LogP contribution in [0.3, 0.4) is 0 Å². The zero-order valence-electron chi connectivity index (χ0n) is 12.9. The molecule has 4 nitrogen and oxygen atoms in total. The first-order valence-corrected chi connectivity index (χ1v) is 8.05. The average molecular weight is 331 g/mol. The van der Waals surface area contributed by atoms with Gasteiger partial charge in [0.1, 0.15) is 5.75 Å². The molecule has 0 radical (unpaired) electrons. The smallest absolute Gasteiger partial charge is 0.227 e. The fourth-order valence-corrected chi connectivity index (χ4v) is 2.66. The maximum Gasteiger partial charge on any atom is 0.227 e. The lowest BCUT2D eigenvalue weighted by molar-refractivity contribution is -0.122. The van der Waals surface area contributed by atoms with Gasteiger partial charge in [0, 0.05) is 22.3 Å². The summed E-state index contributed by atoms with van der Waals surface area (Å²) >= 11 is 6.03. The second-order valence-electron chi connectivity index (χ2n) is 5.66. The Bertz CT molecular complexity index is 697. The van der Waals surface area contributed by atoms with Gasteiger partial charge in [0.05, 0.1) is 12.8 Å². The second kappa shape index (κ2) is 6.92. The zero-order chi connectivity index (χ0) is 16.2. The number of carbonyl (C=O) groups is 1. The maximum atomic E-state index is 11.9. The number of halogens is 1. The Morgan fingerprint density at radius 3 is 2.43 bits per heavy atom. The summed E-state index contributed by atoms with van der Waals surface area (Å²) in [7, 11) is 1.62. The Balaban J connectivity index is 1.67. The van der Waals surface area contributed by atoms with Gasteiger partial charge >= 0.3 is 0 Å². The van der Waals surface area contributed by atoms with Crippen LogP contribution in [0.25, 0.3) is 0 Å². The first-order valence-electron chi connectivity index (χ1n) is 7.67. The van der Waals surface area contributed by atoms with Crippen LogP contribution in [-0.2, 0) is 4.79 Å². The van der Waals surface area contributed by atoms with Crippen LogP contribution in [-0.4, -0.2) is 13.0 Å². The highest BCUT2D eigenvalue weighted by atomic mass is 35.5. The summed E-state index contributed by atoms with van der Waals surface area (Å²) in [6.45, 7) is 0. The molecule has 0 aromatic heterocycles. The highest BCUT2D eigenvalue weighted by molar-refractivity contribution is 6.31. The number of rotatable bonds is 5. The van der Waals surface area contributed by atoms with Crippen molar-refractivity contribution >= 4 is 34.6 Å². The Morgan fingerprint density at radius 1 is 1.13 bits per heavy atom. The molecule has 1 aliphatic rings. The lowest BCUT2D eigenvalue weighted by atomic mass is 9.85. The van der Waals surface area contributed by atoms with Crippen molar-refractivity contribution in [1.82, 2.24) is 0 Å². The van der Waals surface area contributed by atoms with E-state index in [0.717, 1.165) is 42.1 Å². The summed E-state index contributed by atoms with van der Waals surface area (Å²) in [6, 6.07) is 13.0. The molecule has 1 aliphatic carbocycles. The van der Waals surface area contributed by atoms with E-state index in [4.69, 9.17) is 16.3 Å². The van der Waals surface area contributed by atoms with E-state index < -0.39 is 0 Å². The van der Waals surface area contributed by atoms with Crippen LogP contribution in [0.5, 0.6) is 5.75 Å². The minimum Gasteiger partial charge on any atom is -0.495 e. The van der Waals surface area contributed by atoms with E-state index >= 15 is 0 Å². The lowest BCUT2D eigenvalue weighted by Gasteiger charge is -2.24. The Kier molecular flexibility index (Phi) is 4.72. The molecule has 0 unspecified atom stereocenters. The van der Waals surface area contributed by atoms with Gasteiger partial charge in [-0.15, -0.1) is 0 Å². The van der Waals surface area contributed by atoms with Crippen molar-refractivity contribution in [3.8, 4) is 5.75 Å². The molecule has 3 rings (SSSR count). The highest BCUT2D eigenvalue weighted by Gasteiger charge is 2.24. The number of methoxy groups -OCH3 is 1. The molecule has 2 N–H and O–H groups in total. The lowest BCUT2D eigenvalue weighted by Crippen LogP contribution is -2.27. The number of amides is 1. The third-order valence-corrected chi connectivity index (χ3v) is 4.30. The molecule has 1 amide bonds. The van der Waals surface area contributed by atoms with E-state index in [1.807, 2.05) is 36.4 Å². The molecule has 120 valence electrons. The zero-order valence-corrected chi connectivity index (χ0v) is 13.7. The van der Waals surface area contributed by atoms with Gasteiger partial charge in [-0.2, -0.15) is 0 Å². The van der Waals surface area contributed by atoms with E-state index in [1.54, 1.807) is 13.2 Å². The summed E-state index contributed by atoms with van der Waals surface area (Å²) in [5.41, 5.74) is 2.50. The van der Waals surface area contributed by atoms with Gasteiger partial charge in [0.15, 0.2) is 0 Å². The fraction of sp³-hybridized carbons (Fsp3) is 0.278. The van der Waals surface area contributed by atoms with E-state index in [-0.39, 0.29) is 11.8 Å². The summed E-state index contributed by atoms with van der Waals surface area (Å²) in [5.74, 6) is 1.02. The van der Waals surface area contributed by atoms with Crippen LogP contribution in [0.4, 0.5) is 17.1 Å². The standard InChI is InChI=1S/C18H19ClN2O2/c1-23-17-10-5-13(19)11-16(17)20-14-6-8-15(9-7-14)21-18(22)12-3-2-4-12/h5-12,20H,2-4H2,1H3,(H,21,22). The van der Waals surface area contributed by atoms with Crippen LogP contribution in [0, 0.1) is 5.92 Å². The molecular formula is C18H19ClN2O2. The first-order chi connectivity index (χ1) is 11.2. The van der Waals surface area contributed by atoms with Gasteiger partial charge < -0.3 is 15.4 Å². The van der Waals surface area contributed by atoms with Crippen LogP contribution in [0.1, 0.15) is 19.3 Å². The normalized spacial score (nSPS) is 14.0. The molecule has 5 heteroatoms. The summed E-state index contributed by atoms with van der Waals surface area (Å²) in [4.78, 5) is 11.9. The van der Waals surface area contributed by atoms with Crippen molar-refractivity contribution in [3.63, 3.8) is 0 Å². The van der Waals surface area contributed by atoms with Crippen molar-refractivity contribution in [2.24, 2.45) is 5.92 Å². The molecule has 2 aromatic rings. The molecule has 2 aromatic carbocycles. The van der Waals surface area contributed by atoms with Gasteiger partial charge in [-0.1, -0.05) is 18.0 Å². The molecule has 0 atom stereocenters. The number of hydrogen-bond donors (Lipinski definition) is 2. The van der Waals surface area contributed by atoms with E-state index in [1.165, 1.54) is 0 Å². The average Bonchev–Trinajstić information content (AvgIpc) is 2.48. The number of nitrogens with one attached hydrogen (secondary N) is 2. The minimum atomic E-state index is 0.119. The van der Waals surface area contributed by atoms with Gasteiger partial charge in [-0.05, 0) is 55.3 Å². The molecule has 0 aliphatic heterocycles. The monoisotopic (exact) mass is 330 g/mol. The predicted octanol–water partition coefficient (Wildman–Crippen LogP) is 4.83. The molecule has 0 bridgehead atoms. The van der Waals surface area contributed by atoms with Gasteiger partial charge in [-0.25, -0.2) is 0 Å². The van der Waals surface area contributed by atoms with Gasteiger partial charge in [0.25, 0.3) is 0 Å². The molecular weight excluding hydrogens is 312 g/mol. The van der Waals surface area contributed by atoms with Crippen LogP contribution in [0.15, 0.2) is 42.5 Å². The highest BCUT2D eigenvalue weighted by Crippen LogP contribution is 2.31. The Labute approximate surface area is 140 Å². The van der Waals surface area contributed by atoms with E-state index in [2.05, 4.69) is 10.6 Å². The third-order valence-electron chi connectivity index (χ3n) is 4.07. The fourth-order valence-electron chi connectivity index (χ4n) is 2.49. The molecule has 0 saturated heterocycles. The van der Waals surface area contributed by atoms with Gasteiger partial charge in [0.2, 0.25) is 5.91 Å². The van der Waals surface area contributed by atoms with Crippen molar-refractivity contribution in [2.45, 2.75) is 19.3 Å². The SMILES string of the molecule is COc1ccc(Cl)cc1Nc1ccc(NC(=O)C2CCC2)cc1. The van der Waals surface area contributed by atoms with Gasteiger partial charge in [-0.3, -0.25) is 4.79 Å². The van der Waals surface area contributed by atoms with Crippen LogP contribution < -0.4 is 15.4 Å².